The highest BCUT2D eigenvalue weighted by Crippen LogP contribution is 2.34. The van der Waals surface area contributed by atoms with Crippen molar-refractivity contribution in [2.45, 2.75) is 18.9 Å². The maximum atomic E-state index is 12.7. The summed E-state index contributed by atoms with van der Waals surface area (Å²) in [5.41, 5.74) is 0.824. The zero-order valence-electron chi connectivity index (χ0n) is 14.2. The third-order valence-corrected chi connectivity index (χ3v) is 5.89. The summed E-state index contributed by atoms with van der Waals surface area (Å²) < 4.78 is 10.6. The number of hydrogen-bond donors (Lipinski definition) is 0. The highest BCUT2D eigenvalue weighted by Gasteiger charge is 2.35. The molecule has 1 amide bonds. The van der Waals surface area contributed by atoms with Crippen molar-refractivity contribution in [2.75, 3.05) is 6.61 Å². The first kappa shape index (κ1) is 17.7. The minimum atomic E-state index is -0.429. The Morgan fingerprint density at radius 2 is 2.04 bits per heavy atom. The Kier molecular flexibility index (Phi) is 5.17. The molecule has 1 aliphatic rings. The average Bonchev–Trinajstić information content (AvgIpc) is 3.46. The van der Waals surface area contributed by atoms with Gasteiger partial charge in [0.25, 0.3) is 5.91 Å². The first-order valence-electron chi connectivity index (χ1n) is 8.35. The fraction of sp³-hybridized carbons (Fsp3) is 0.211. The molecule has 0 bridgehead atoms. The second-order valence-electron chi connectivity index (χ2n) is 5.91. The number of rotatable bonds is 6. The van der Waals surface area contributed by atoms with E-state index in [2.05, 4.69) is 5.10 Å². The summed E-state index contributed by atoms with van der Waals surface area (Å²) in [6, 6.07) is 10.9. The van der Waals surface area contributed by atoms with Crippen molar-refractivity contribution >= 4 is 40.3 Å². The third kappa shape index (κ3) is 4.01. The molecule has 0 aliphatic carbocycles. The lowest BCUT2D eigenvalue weighted by Gasteiger charge is -2.19. The van der Waals surface area contributed by atoms with Crippen molar-refractivity contribution in [1.29, 1.82) is 0 Å². The molecule has 0 saturated heterocycles. The zero-order valence-corrected chi connectivity index (χ0v) is 15.9. The maximum absolute atomic E-state index is 12.7. The first-order valence-corrected chi connectivity index (χ1v) is 10.1. The molecule has 1 aliphatic heterocycles. The van der Waals surface area contributed by atoms with Gasteiger partial charge in [0.1, 0.15) is 11.8 Å². The standard InChI is InChI=1S/C19H16N2O4S2/c22-18(12-25-19(23)10-13-4-2-8-26-13)21-15(16-5-1-7-24-16)11-14(20-21)17-6-3-9-27-17/h1-9,15H,10-12H2. The Labute approximate surface area is 163 Å². The summed E-state index contributed by atoms with van der Waals surface area (Å²) in [4.78, 5) is 26.5. The molecule has 0 fully saturated rings. The number of thiophene rings is 2. The second kappa shape index (κ2) is 7.89. The molecule has 27 heavy (non-hydrogen) atoms. The smallest absolute Gasteiger partial charge is 0.311 e. The number of furan rings is 1. The van der Waals surface area contributed by atoms with Gasteiger partial charge in [-0.3, -0.25) is 9.59 Å². The van der Waals surface area contributed by atoms with E-state index < -0.39 is 5.97 Å². The summed E-state index contributed by atoms with van der Waals surface area (Å²) in [6.45, 7) is -0.345. The van der Waals surface area contributed by atoms with E-state index in [1.165, 1.54) is 16.3 Å². The van der Waals surface area contributed by atoms with Gasteiger partial charge in [-0.25, -0.2) is 5.01 Å². The number of amides is 1. The fourth-order valence-corrected chi connectivity index (χ4v) is 4.26. The number of esters is 1. The van der Waals surface area contributed by atoms with Gasteiger partial charge in [0.05, 0.1) is 23.3 Å². The van der Waals surface area contributed by atoms with Gasteiger partial charge in [-0.15, -0.1) is 22.7 Å². The van der Waals surface area contributed by atoms with Crippen LogP contribution in [-0.2, 0) is 20.7 Å². The van der Waals surface area contributed by atoms with Crippen LogP contribution in [-0.4, -0.2) is 29.2 Å². The lowest BCUT2D eigenvalue weighted by Crippen LogP contribution is -2.31. The van der Waals surface area contributed by atoms with Crippen molar-refractivity contribution in [1.82, 2.24) is 5.01 Å². The van der Waals surface area contributed by atoms with Crippen molar-refractivity contribution in [2.24, 2.45) is 5.10 Å². The predicted octanol–water partition coefficient (Wildman–Crippen LogP) is 3.87. The summed E-state index contributed by atoms with van der Waals surface area (Å²) in [5, 5.41) is 9.71. The number of ether oxygens (including phenoxy) is 1. The molecule has 0 aromatic carbocycles. The SMILES string of the molecule is O=C(Cc1cccs1)OCC(=O)N1N=C(c2cccs2)CC1c1ccco1. The highest BCUT2D eigenvalue weighted by atomic mass is 32.1. The van der Waals surface area contributed by atoms with Crippen LogP contribution >= 0.6 is 22.7 Å². The van der Waals surface area contributed by atoms with Crippen LogP contribution in [0.2, 0.25) is 0 Å². The number of carbonyl (C=O) groups excluding carboxylic acids is 2. The number of nitrogens with zero attached hydrogens (tertiary/aromatic N) is 2. The van der Waals surface area contributed by atoms with Gasteiger partial charge in [0.2, 0.25) is 0 Å². The summed E-state index contributed by atoms with van der Waals surface area (Å²) in [6.07, 6.45) is 2.29. The lowest BCUT2D eigenvalue weighted by molar-refractivity contribution is -0.152. The molecule has 0 spiro atoms. The van der Waals surface area contributed by atoms with E-state index in [0.717, 1.165) is 15.5 Å². The Hall–Kier alpha value is -2.71. The second-order valence-corrected chi connectivity index (χ2v) is 7.89. The highest BCUT2D eigenvalue weighted by molar-refractivity contribution is 7.12. The number of hydrogen-bond acceptors (Lipinski definition) is 7. The summed E-state index contributed by atoms with van der Waals surface area (Å²) in [5.74, 6) is -0.145. The molecule has 138 valence electrons. The zero-order chi connectivity index (χ0) is 18.6. The van der Waals surface area contributed by atoms with Crippen LogP contribution < -0.4 is 0 Å². The molecule has 3 aromatic heterocycles. The Bertz CT molecular complexity index is 931. The van der Waals surface area contributed by atoms with E-state index in [0.29, 0.717) is 12.2 Å². The van der Waals surface area contributed by atoms with Gasteiger partial charge in [0.15, 0.2) is 6.61 Å². The van der Waals surface area contributed by atoms with Crippen LogP contribution in [0.3, 0.4) is 0 Å². The molecule has 3 aromatic rings. The monoisotopic (exact) mass is 400 g/mol. The molecule has 0 saturated carbocycles. The van der Waals surface area contributed by atoms with E-state index in [1.807, 2.05) is 41.1 Å². The number of carbonyl (C=O) groups is 2. The van der Waals surface area contributed by atoms with Gasteiger partial charge in [0, 0.05) is 11.3 Å². The van der Waals surface area contributed by atoms with Gasteiger partial charge >= 0.3 is 5.97 Å². The normalized spacial score (nSPS) is 16.4. The van der Waals surface area contributed by atoms with Crippen molar-refractivity contribution < 1.29 is 18.7 Å². The summed E-state index contributed by atoms with van der Waals surface area (Å²) >= 11 is 3.05. The van der Waals surface area contributed by atoms with E-state index >= 15 is 0 Å². The molecular formula is C19H16N2O4S2. The average molecular weight is 400 g/mol. The predicted molar refractivity (Wildman–Crippen MR) is 103 cm³/mol. The summed E-state index contributed by atoms with van der Waals surface area (Å²) in [7, 11) is 0. The van der Waals surface area contributed by atoms with Crippen molar-refractivity contribution in [3.63, 3.8) is 0 Å². The van der Waals surface area contributed by atoms with Crippen LogP contribution in [0.4, 0.5) is 0 Å². The Balaban J connectivity index is 1.45. The van der Waals surface area contributed by atoms with Crippen molar-refractivity contribution in [3.8, 4) is 0 Å². The quantitative estimate of drug-likeness (QED) is 0.589. The van der Waals surface area contributed by atoms with E-state index in [1.54, 1.807) is 23.7 Å². The van der Waals surface area contributed by atoms with Gasteiger partial charge < -0.3 is 9.15 Å². The van der Waals surface area contributed by atoms with Crippen molar-refractivity contribution in [3.05, 3.63) is 68.9 Å². The van der Waals surface area contributed by atoms with E-state index in [4.69, 9.17) is 9.15 Å². The molecule has 0 N–H and O–H groups in total. The first-order chi connectivity index (χ1) is 13.2. The molecule has 1 unspecified atom stereocenters. The Morgan fingerprint density at radius 3 is 2.74 bits per heavy atom. The van der Waals surface area contributed by atoms with E-state index in [-0.39, 0.29) is 25.0 Å². The molecule has 8 heteroatoms. The Morgan fingerprint density at radius 1 is 1.19 bits per heavy atom. The van der Waals surface area contributed by atoms with E-state index in [9.17, 15) is 9.59 Å². The lowest BCUT2D eigenvalue weighted by atomic mass is 10.1. The van der Waals surface area contributed by atoms with Gasteiger partial charge in [-0.2, -0.15) is 5.10 Å². The fourth-order valence-electron chi connectivity index (χ4n) is 2.85. The van der Waals surface area contributed by atoms with Crippen LogP contribution in [0.15, 0.2) is 62.9 Å². The molecule has 6 nitrogen and oxygen atoms in total. The molecule has 0 radical (unpaired) electrons. The molecule has 1 atom stereocenters. The van der Waals surface area contributed by atoms with Crippen LogP contribution in [0.25, 0.3) is 0 Å². The maximum Gasteiger partial charge on any atom is 0.311 e. The molecular weight excluding hydrogens is 384 g/mol. The minimum absolute atomic E-state index is 0.163. The van der Waals surface area contributed by atoms with Gasteiger partial charge in [-0.1, -0.05) is 12.1 Å². The third-order valence-electron chi connectivity index (χ3n) is 4.10. The number of hydrazone groups is 1. The molecule has 4 heterocycles. The van der Waals surface area contributed by atoms with Crippen LogP contribution in [0.5, 0.6) is 0 Å². The van der Waals surface area contributed by atoms with Gasteiger partial charge in [-0.05, 0) is 35.0 Å². The van der Waals surface area contributed by atoms with Crippen LogP contribution in [0, 0.1) is 0 Å². The van der Waals surface area contributed by atoms with Crippen LogP contribution in [0.1, 0.15) is 28.0 Å². The minimum Gasteiger partial charge on any atom is -0.467 e. The topological polar surface area (TPSA) is 72.1 Å². The largest absolute Gasteiger partial charge is 0.467 e. The molecule has 4 rings (SSSR count).